The van der Waals surface area contributed by atoms with Gasteiger partial charge in [-0.25, -0.2) is 9.59 Å². The van der Waals surface area contributed by atoms with Crippen LogP contribution in [0.5, 0.6) is 0 Å². The van der Waals surface area contributed by atoms with Crippen LogP contribution in [0.3, 0.4) is 0 Å². The number of amides is 1. The summed E-state index contributed by atoms with van der Waals surface area (Å²) < 4.78 is 8.94. The minimum Gasteiger partial charge on any atom is -0.875 e. The van der Waals surface area contributed by atoms with Crippen LogP contribution in [0.25, 0.3) is 0 Å². The maximum Gasteiger partial charge on any atom is 1.00 e. The van der Waals surface area contributed by atoms with Gasteiger partial charge in [-0.05, 0) is 6.42 Å². The van der Waals surface area contributed by atoms with Crippen molar-refractivity contribution in [2.45, 2.75) is 6.42 Å². The maximum atomic E-state index is 11.3. The zero-order chi connectivity index (χ0) is 11.4. The summed E-state index contributed by atoms with van der Waals surface area (Å²) in [5, 5.41) is 11.3. The summed E-state index contributed by atoms with van der Waals surface area (Å²) in [7, 11) is 2.44. The van der Waals surface area contributed by atoms with Crippen LogP contribution in [-0.4, -0.2) is 44.3 Å². The molecule has 0 aromatic carbocycles. The summed E-state index contributed by atoms with van der Waals surface area (Å²) in [6, 6.07) is 0. The number of carbonyl (C=O) groups excluding carboxylic acids is 2. The summed E-state index contributed by atoms with van der Waals surface area (Å²) in [6.45, 7) is 0.226. The van der Waals surface area contributed by atoms with E-state index in [0.29, 0.717) is 0 Å². The third kappa shape index (κ3) is 3.74. The van der Waals surface area contributed by atoms with Gasteiger partial charge in [-0.3, -0.25) is 0 Å². The molecule has 0 aromatic heterocycles. The zero-order valence-electron chi connectivity index (χ0n) is 9.61. The average Bonchev–Trinajstić information content (AvgIpc) is 2.27. The van der Waals surface area contributed by atoms with Crippen molar-refractivity contribution in [2.24, 2.45) is 0 Å². The predicted octanol–water partition coefficient (Wildman–Crippen LogP) is -3.75. The van der Waals surface area contributed by atoms with E-state index >= 15 is 0 Å². The molecular weight excluding hydrogens is 241 g/mol. The Hall–Kier alpha value is -0.0836. The summed E-state index contributed by atoms with van der Waals surface area (Å²) in [5.41, 5.74) is -0.00542. The zero-order valence-corrected chi connectivity index (χ0v) is 12.7. The van der Waals surface area contributed by atoms with Crippen LogP contribution < -0.4 is 56.5 Å². The predicted molar refractivity (Wildman–Crippen MR) is 47.6 cm³/mol. The Morgan fingerprint density at radius 2 is 1.94 bits per heavy atom. The molecule has 0 bridgehead atoms. The van der Waals surface area contributed by atoms with Crippen LogP contribution >= 0.6 is 0 Å². The van der Waals surface area contributed by atoms with Gasteiger partial charge >= 0.3 is 63.4 Å². The second kappa shape index (κ2) is 7.28. The molecule has 7 heteroatoms. The van der Waals surface area contributed by atoms with Gasteiger partial charge in [0, 0.05) is 12.1 Å². The summed E-state index contributed by atoms with van der Waals surface area (Å²) in [6.07, 6.45) is -0.427. The molecule has 84 valence electrons. The maximum absolute atomic E-state index is 11.3. The summed E-state index contributed by atoms with van der Waals surface area (Å²) in [4.78, 5) is 23.6. The number of ether oxygens (including phenoxy) is 2. The molecule has 1 aliphatic rings. The Morgan fingerprint density at radius 3 is 2.44 bits per heavy atom. The standard InChI is InChI=1S/C9H13NO5.K/c1-14-8(12)6-5-10(9(13)15-2)4-3-7(6)11;/h11H,3-5H2,1-2H3;/q;+1/p-1. The second-order valence-corrected chi connectivity index (χ2v) is 3.03. The van der Waals surface area contributed by atoms with Crippen LogP contribution in [0.2, 0.25) is 0 Å². The fourth-order valence-electron chi connectivity index (χ4n) is 1.33. The molecule has 1 aliphatic heterocycles. The molecule has 0 saturated carbocycles. The van der Waals surface area contributed by atoms with Gasteiger partial charge < -0.3 is 19.5 Å². The van der Waals surface area contributed by atoms with Gasteiger partial charge in [0.2, 0.25) is 0 Å². The molecule has 1 heterocycles. The number of methoxy groups -OCH3 is 2. The molecule has 0 fully saturated rings. The van der Waals surface area contributed by atoms with Crippen molar-refractivity contribution in [3.05, 3.63) is 11.3 Å². The molecule has 0 radical (unpaired) electrons. The van der Waals surface area contributed by atoms with Gasteiger partial charge in [-0.1, -0.05) is 0 Å². The molecule has 0 aromatic rings. The smallest absolute Gasteiger partial charge is 0.875 e. The first-order valence-electron chi connectivity index (χ1n) is 4.40. The fourth-order valence-corrected chi connectivity index (χ4v) is 1.33. The van der Waals surface area contributed by atoms with Crippen LogP contribution in [-0.2, 0) is 14.3 Å². The minimum absolute atomic E-state index is 0. The van der Waals surface area contributed by atoms with E-state index in [4.69, 9.17) is 0 Å². The van der Waals surface area contributed by atoms with Gasteiger partial charge in [0.25, 0.3) is 0 Å². The van der Waals surface area contributed by atoms with E-state index < -0.39 is 12.1 Å². The molecule has 0 atom stereocenters. The van der Waals surface area contributed by atoms with Crippen molar-refractivity contribution >= 4 is 12.1 Å². The van der Waals surface area contributed by atoms with Crippen molar-refractivity contribution < 1.29 is 75.6 Å². The van der Waals surface area contributed by atoms with Crippen molar-refractivity contribution in [3.63, 3.8) is 0 Å². The van der Waals surface area contributed by atoms with E-state index in [1.165, 1.54) is 19.1 Å². The molecule has 0 saturated heterocycles. The van der Waals surface area contributed by atoms with E-state index in [9.17, 15) is 14.7 Å². The molecule has 1 amide bonds. The number of rotatable bonds is 1. The van der Waals surface area contributed by atoms with Gasteiger partial charge in [0.05, 0.1) is 20.8 Å². The van der Waals surface area contributed by atoms with Gasteiger partial charge in [-0.2, -0.15) is 0 Å². The van der Waals surface area contributed by atoms with E-state index in [0.717, 1.165) is 0 Å². The number of hydrogen-bond acceptors (Lipinski definition) is 5. The SMILES string of the molecule is COC(=O)C1=C([O-])CCN(C(=O)OC)C1.[K+]. The van der Waals surface area contributed by atoms with Crippen LogP contribution in [0.15, 0.2) is 11.3 Å². The molecule has 0 unspecified atom stereocenters. The Kier molecular flexibility index (Phi) is 7.24. The largest absolute Gasteiger partial charge is 1.00 e. The Balaban J connectivity index is 0.00000225. The molecule has 0 aliphatic carbocycles. The molecule has 16 heavy (non-hydrogen) atoms. The Bertz CT molecular complexity index is 315. The summed E-state index contributed by atoms with van der Waals surface area (Å²) >= 11 is 0. The number of hydrogen-bond donors (Lipinski definition) is 0. The third-order valence-corrected chi connectivity index (χ3v) is 2.16. The van der Waals surface area contributed by atoms with E-state index in [2.05, 4.69) is 9.47 Å². The van der Waals surface area contributed by atoms with Crippen molar-refractivity contribution in [1.29, 1.82) is 0 Å². The van der Waals surface area contributed by atoms with Crippen molar-refractivity contribution in [2.75, 3.05) is 27.3 Å². The molecular formula is C9H12KNO5. The van der Waals surface area contributed by atoms with Gasteiger partial charge in [0.1, 0.15) is 0 Å². The first kappa shape index (κ1) is 15.9. The van der Waals surface area contributed by atoms with Gasteiger partial charge in [-0.15, -0.1) is 5.76 Å². The fraction of sp³-hybridized carbons (Fsp3) is 0.556. The Labute approximate surface area is 136 Å². The molecule has 1 rings (SSSR count). The topological polar surface area (TPSA) is 78.9 Å². The number of nitrogens with zero attached hydrogens (tertiary/aromatic N) is 1. The van der Waals surface area contributed by atoms with E-state index in [-0.39, 0.29) is 82.2 Å². The molecule has 6 nitrogen and oxygen atoms in total. The normalized spacial score (nSPS) is 15.2. The Morgan fingerprint density at radius 1 is 1.31 bits per heavy atom. The van der Waals surface area contributed by atoms with Crippen LogP contribution in [0, 0.1) is 0 Å². The monoisotopic (exact) mass is 253 g/mol. The quantitative estimate of drug-likeness (QED) is 0.354. The minimum atomic E-state index is -0.686. The van der Waals surface area contributed by atoms with E-state index in [1.807, 2.05) is 0 Å². The van der Waals surface area contributed by atoms with Crippen LogP contribution in [0.1, 0.15) is 6.42 Å². The molecule has 0 spiro atoms. The van der Waals surface area contributed by atoms with E-state index in [1.54, 1.807) is 0 Å². The van der Waals surface area contributed by atoms with Crippen molar-refractivity contribution in [1.82, 2.24) is 4.90 Å². The number of esters is 1. The second-order valence-electron chi connectivity index (χ2n) is 3.03. The first-order valence-corrected chi connectivity index (χ1v) is 4.40. The van der Waals surface area contributed by atoms with Gasteiger partial charge in [0.15, 0.2) is 0 Å². The number of carbonyl (C=O) groups is 2. The average molecular weight is 253 g/mol. The van der Waals surface area contributed by atoms with Crippen LogP contribution in [0.4, 0.5) is 4.79 Å². The summed E-state index contributed by atoms with van der Waals surface area (Å²) in [5.74, 6) is -0.962. The molecule has 0 N–H and O–H groups in total. The third-order valence-electron chi connectivity index (χ3n) is 2.16. The first-order chi connectivity index (χ1) is 7.10. The van der Waals surface area contributed by atoms with Crippen molar-refractivity contribution in [3.8, 4) is 0 Å².